The minimum absolute atomic E-state index is 0.0459. The molecule has 174 valence electrons. The van der Waals surface area contributed by atoms with Crippen LogP contribution in [0.5, 0.6) is 0 Å². The Balaban J connectivity index is 1.61. The molecule has 1 aromatic carbocycles. The molecular weight excluding hydrogens is 489 g/mol. The summed E-state index contributed by atoms with van der Waals surface area (Å²) in [6.45, 7) is 3.56. The maximum Gasteiger partial charge on any atom is 0.281 e. The number of nitrogens with zero attached hydrogens (tertiary/aromatic N) is 3. The average Bonchev–Trinajstić information content (AvgIpc) is 3.41. The van der Waals surface area contributed by atoms with Crippen LogP contribution in [0.1, 0.15) is 17.3 Å². The molecule has 1 saturated heterocycles. The van der Waals surface area contributed by atoms with E-state index in [1.807, 2.05) is 25.4 Å². The third-order valence-corrected chi connectivity index (χ3v) is 8.31. The van der Waals surface area contributed by atoms with Gasteiger partial charge in [0.25, 0.3) is 10.2 Å². The molecule has 1 fully saturated rings. The second-order valence-corrected chi connectivity index (χ2v) is 10.7. The third kappa shape index (κ3) is 5.02. The molecule has 3 aromatic rings. The van der Waals surface area contributed by atoms with Gasteiger partial charge in [-0.15, -0.1) is 17.9 Å². The van der Waals surface area contributed by atoms with Gasteiger partial charge in [-0.3, -0.25) is 9.48 Å². The Bertz CT molecular complexity index is 1310. The van der Waals surface area contributed by atoms with Gasteiger partial charge in [0.15, 0.2) is 0 Å². The summed E-state index contributed by atoms with van der Waals surface area (Å²) >= 11 is 7.24. The zero-order chi connectivity index (χ0) is 23.8. The SMILES string of the molecule is C=CCN1[C@@H](C(=O)Nc2ccc(F)c(Cl)c2)C[C@@H](c2ccc(-c3cnn(C)c3)s2)NS1(=O)=O. The topological polar surface area (TPSA) is 96.3 Å². The Kier molecular flexibility index (Phi) is 6.68. The highest BCUT2D eigenvalue weighted by molar-refractivity contribution is 7.87. The predicted molar refractivity (Wildman–Crippen MR) is 127 cm³/mol. The quantitative estimate of drug-likeness (QED) is 0.495. The number of nitrogens with one attached hydrogen (secondary N) is 2. The second-order valence-electron chi connectivity index (χ2n) is 7.51. The summed E-state index contributed by atoms with van der Waals surface area (Å²) in [5.41, 5.74) is 1.19. The van der Waals surface area contributed by atoms with Crippen molar-refractivity contribution >= 4 is 44.7 Å². The zero-order valence-electron chi connectivity index (χ0n) is 17.5. The van der Waals surface area contributed by atoms with Crippen molar-refractivity contribution in [3.8, 4) is 10.4 Å². The summed E-state index contributed by atoms with van der Waals surface area (Å²) in [4.78, 5) is 14.8. The monoisotopic (exact) mass is 509 g/mol. The molecule has 3 heterocycles. The van der Waals surface area contributed by atoms with Crippen molar-refractivity contribution in [3.63, 3.8) is 0 Å². The summed E-state index contributed by atoms with van der Waals surface area (Å²) in [5.74, 6) is -1.16. The molecule has 1 aliphatic rings. The summed E-state index contributed by atoms with van der Waals surface area (Å²) in [6.07, 6.45) is 5.22. The maximum absolute atomic E-state index is 13.5. The van der Waals surface area contributed by atoms with E-state index in [2.05, 4.69) is 21.7 Å². The number of amides is 1. The van der Waals surface area contributed by atoms with Crippen LogP contribution in [0.2, 0.25) is 5.02 Å². The number of carbonyl (C=O) groups excluding carboxylic acids is 1. The average molecular weight is 510 g/mol. The number of aryl methyl sites for hydroxylation is 1. The highest BCUT2D eigenvalue weighted by Crippen LogP contribution is 2.36. The highest BCUT2D eigenvalue weighted by Gasteiger charge is 2.42. The van der Waals surface area contributed by atoms with Crippen LogP contribution >= 0.6 is 22.9 Å². The molecule has 33 heavy (non-hydrogen) atoms. The maximum atomic E-state index is 13.5. The number of hydrogen-bond donors (Lipinski definition) is 2. The van der Waals surface area contributed by atoms with Crippen LogP contribution in [0.4, 0.5) is 10.1 Å². The summed E-state index contributed by atoms with van der Waals surface area (Å²) in [6, 6.07) is 5.91. The van der Waals surface area contributed by atoms with Gasteiger partial charge in [-0.25, -0.2) is 4.39 Å². The van der Waals surface area contributed by atoms with E-state index >= 15 is 0 Å². The number of aromatic nitrogens is 2. The molecule has 1 amide bonds. The molecule has 0 spiro atoms. The Morgan fingerprint density at radius 3 is 2.88 bits per heavy atom. The van der Waals surface area contributed by atoms with Crippen LogP contribution in [0.15, 0.2) is 55.4 Å². The lowest BCUT2D eigenvalue weighted by molar-refractivity contribution is -0.120. The number of hydrogen-bond acceptors (Lipinski definition) is 5. The molecule has 0 aliphatic carbocycles. The minimum atomic E-state index is -3.98. The first-order chi connectivity index (χ1) is 15.7. The van der Waals surface area contributed by atoms with Gasteiger partial charge < -0.3 is 5.32 Å². The first kappa shape index (κ1) is 23.6. The number of anilines is 1. The summed E-state index contributed by atoms with van der Waals surface area (Å²) < 4.78 is 44.9. The largest absolute Gasteiger partial charge is 0.325 e. The lowest BCUT2D eigenvalue weighted by atomic mass is 10.0. The Labute approximate surface area is 199 Å². The van der Waals surface area contributed by atoms with E-state index in [-0.39, 0.29) is 23.7 Å². The smallest absolute Gasteiger partial charge is 0.281 e. The van der Waals surface area contributed by atoms with Crippen LogP contribution in [-0.2, 0) is 22.1 Å². The normalized spacial score (nSPS) is 20.5. The van der Waals surface area contributed by atoms with Crippen molar-refractivity contribution in [3.05, 3.63) is 71.1 Å². The van der Waals surface area contributed by atoms with Gasteiger partial charge in [0.05, 0.1) is 17.3 Å². The fourth-order valence-electron chi connectivity index (χ4n) is 3.61. The van der Waals surface area contributed by atoms with Gasteiger partial charge in [-0.05, 0) is 36.8 Å². The predicted octanol–water partition coefficient (Wildman–Crippen LogP) is 3.72. The molecule has 0 unspecified atom stereocenters. The van der Waals surface area contributed by atoms with Gasteiger partial charge in [0.2, 0.25) is 5.91 Å². The van der Waals surface area contributed by atoms with Crippen molar-refractivity contribution in [1.82, 2.24) is 18.8 Å². The van der Waals surface area contributed by atoms with Crippen molar-refractivity contribution in [2.24, 2.45) is 7.05 Å². The Hall–Kier alpha value is -2.57. The molecule has 2 aromatic heterocycles. The molecular formula is C21H21ClFN5O3S2. The number of halogens is 2. The molecule has 0 radical (unpaired) electrons. The van der Waals surface area contributed by atoms with E-state index in [0.717, 1.165) is 25.7 Å². The number of carbonyl (C=O) groups is 1. The molecule has 12 heteroatoms. The molecule has 4 rings (SSSR count). The van der Waals surface area contributed by atoms with E-state index in [0.29, 0.717) is 0 Å². The molecule has 0 saturated carbocycles. The minimum Gasteiger partial charge on any atom is -0.325 e. The Morgan fingerprint density at radius 2 is 2.21 bits per heavy atom. The number of benzene rings is 1. The summed E-state index contributed by atoms with van der Waals surface area (Å²) in [5, 5.41) is 6.67. The van der Waals surface area contributed by atoms with Gasteiger partial charge >= 0.3 is 0 Å². The van der Waals surface area contributed by atoms with Crippen LogP contribution in [0.25, 0.3) is 10.4 Å². The molecule has 8 nitrogen and oxygen atoms in total. The number of thiophene rings is 1. The second kappa shape index (κ2) is 9.35. The van der Waals surface area contributed by atoms with E-state index in [4.69, 9.17) is 11.6 Å². The van der Waals surface area contributed by atoms with Crippen LogP contribution in [0.3, 0.4) is 0 Å². The molecule has 2 N–H and O–H groups in total. The van der Waals surface area contributed by atoms with Crippen molar-refractivity contribution in [2.45, 2.75) is 18.5 Å². The van der Waals surface area contributed by atoms with E-state index in [9.17, 15) is 17.6 Å². The zero-order valence-corrected chi connectivity index (χ0v) is 19.9. The van der Waals surface area contributed by atoms with Crippen LogP contribution in [0, 0.1) is 5.82 Å². The molecule has 2 atom stereocenters. The number of rotatable bonds is 6. The lowest BCUT2D eigenvalue weighted by Crippen LogP contribution is -2.57. The fourth-order valence-corrected chi connectivity index (χ4v) is 6.45. The van der Waals surface area contributed by atoms with Crippen LogP contribution < -0.4 is 10.0 Å². The first-order valence-corrected chi connectivity index (χ1v) is 12.6. The van der Waals surface area contributed by atoms with Gasteiger partial charge in [-0.2, -0.15) is 22.5 Å². The molecule has 0 bridgehead atoms. The van der Waals surface area contributed by atoms with Gasteiger partial charge in [0.1, 0.15) is 11.9 Å². The standard InChI is InChI=1S/C21H21ClFN5O3S2/c1-3-8-28-18(21(29)25-14-4-5-16(23)15(22)9-14)10-17(26-33(28,30)31)20-7-6-19(32-20)13-11-24-27(2)12-13/h3-7,9,11-12,17-18,26H,1,8,10H2,2H3,(H,25,29)/t17-,18+/m0/s1. The van der Waals surface area contributed by atoms with Crippen molar-refractivity contribution in [1.29, 1.82) is 0 Å². The van der Waals surface area contributed by atoms with Crippen molar-refractivity contribution in [2.75, 3.05) is 11.9 Å². The van der Waals surface area contributed by atoms with E-state index in [1.165, 1.54) is 29.5 Å². The third-order valence-electron chi connectivity index (χ3n) is 5.16. The summed E-state index contributed by atoms with van der Waals surface area (Å²) in [7, 11) is -2.16. The van der Waals surface area contributed by atoms with Crippen LogP contribution in [-0.4, -0.2) is 41.0 Å². The highest BCUT2D eigenvalue weighted by atomic mass is 35.5. The van der Waals surface area contributed by atoms with Gasteiger partial charge in [0, 0.05) is 40.8 Å². The first-order valence-electron chi connectivity index (χ1n) is 9.92. The molecule has 1 aliphatic heterocycles. The van der Waals surface area contributed by atoms with Gasteiger partial charge in [-0.1, -0.05) is 17.7 Å². The van der Waals surface area contributed by atoms with E-state index in [1.54, 1.807) is 10.9 Å². The fraction of sp³-hybridized carbons (Fsp3) is 0.238. The van der Waals surface area contributed by atoms with Crippen molar-refractivity contribution < 1.29 is 17.6 Å². The lowest BCUT2D eigenvalue weighted by Gasteiger charge is -2.37. The Morgan fingerprint density at radius 1 is 1.42 bits per heavy atom. The van der Waals surface area contributed by atoms with E-state index < -0.39 is 34.0 Å².